The van der Waals surface area contributed by atoms with Crippen LogP contribution in [0.15, 0.2) is 60.8 Å². The van der Waals surface area contributed by atoms with Gasteiger partial charge in [0.1, 0.15) is 6.10 Å². The molecule has 4 heteroatoms. The third-order valence-corrected chi connectivity index (χ3v) is 7.06. The van der Waals surface area contributed by atoms with Crippen molar-refractivity contribution in [2.75, 3.05) is 19.8 Å². The van der Waals surface area contributed by atoms with Crippen molar-refractivity contribution in [2.45, 2.75) is 155 Å². The second-order valence-corrected chi connectivity index (χ2v) is 11.2. The molecule has 42 heavy (non-hydrogen) atoms. The van der Waals surface area contributed by atoms with Gasteiger partial charge in [-0.25, -0.2) is 0 Å². The molecule has 0 aromatic carbocycles. The summed E-state index contributed by atoms with van der Waals surface area (Å²) in [6.07, 6.45) is 45.5. The number of hydrogen-bond donors (Lipinski definition) is 1. The predicted molar refractivity (Wildman–Crippen MR) is 182 cm³/mol. The normalized spacial score (nSPS) is 13.1. The van der Waals surface area contributed by atoms with Crippen LogP contribution in [-0.2, 0) is 14.3 Å². The quantitative estimate of drug-likeness (QED) is 0.0499. The maximum atomic E-state index is 12.1. The Balaban J connectivity index is 3.49. The number of aliphatic hydroxyl groups is 1. The molecule has 0 saturated heterocycles. The Morgan fingerprint density at radius 3 is 1.64 bits per heavy atom. The van der Waals surface area contributed by atoms with Crippen LogP contribution in [-0.4, -0.2) is 37.0 Å². The molecule has 0 rings (SSSR count). The maximum absolute atomic E-state index is 12.1. The van der Waals surface area contributed by atoms with Crippen molar-refractivity contribution in [1.29, 1.82) is 0 Å². The van der Waals surface area contributed by atoms with E-state index in [2.05, 4.69) is 74.6 Å². The standard InChI is InChI=1S/C38H66O4/c1-3-5-7-9-11-13-15-16-17-18-19-20-21-22-23-24-26-28-30-32-34-41-36-37(35-39)42-38(40)33-31-29-27-25-14-12-10-8-6-4-2/h5,7-8,10-11,13,16-17,19-20,37,39H,3-4,6,9,12,14-15,18,21-36H2,1-2H3/b7-5-,10-8-,13-11-,17-16-,20-19-. The number of allylic oxidation sites excluding steroid dienone is 10. The molecule has 0 bridgehead atoms. The molecule has 4 nitrogen and oxygen atoms in total. The highest BCUT2D eigenvalue weighted by atomic mass is 16.6. The van der Waals surface area contributed by atoms with Gasteiger partial charge in [-0.05, 0) is 70.6 Å². The number of ether oxygens (including phenoxy) is 2. The van der Waals surface area contributed by atoms with Gasteiger partial charge in [0.15, 0.2) is 0 Å². The van der Waals surface area contributed by atoms with Crippen molar-refractivity contribution >= 4 is 5.97 Å². The van der Waals surface area contributed by atoms with Crippen LogP contribution in [0.4, 0.5) is 0 Å². The van der Waals surface area contributed by atoms with E-state index in [4.69, 9.17) is 9.47 Å². The Morgan fingerprint density at radius 2 is 1.07 bits per heavy atom. The Hall–Kier alpha value is -1.91. The van der Waals surface area contributed by atoms with Gasteiger partial charge in [0.05, 0.1) is 13.2 Å². The molecule has 0 fully saturated rings. The highest BCUT2D eigenvalue weighted by molar-refractivity contribution is 5.69. The SMILES string of the molecule is CC/C=C\C/C=C\C/C=C\C/C=C\CCCCCCCCCOCC(CO)OC(=O)CCCCCCC/C=C\CCC. The molecule has 242 valence electrons. The van der Waals surface area contributed by atoms with Gasteiger partial charge < -0.3 is 14.6 Å². The first-order chi connectivity index (χ1) is 20.7. The molecule has 0 saturated carbocycles. The average Bonchev–Trinajstić information content (AvgIpc) is 3.00. The molecule has 0 aromatic heterocycles. The summed E-state index contributed by atoms with van der Waals surface area (Å²) in [6.45, 7) is 5.12. The topological polar surface area (TPSA) is 55.8 Å². The highest BCUT2D eigenvalue weighted by Crippen LogP contribution is 2.11. The van der Waals surface area contributed by atoms with Gasteiger partial charge in [-0.2, -0.15) is 0 Å². The molecule has 0 heterocycles. The summed E-state index contributed by atoms with van der Waals surface area (Å²) in [7, 11) is 0. The summed E-state index contributed by atoms with van der Waals surface area (Å²) in [5.41, 5.74) is 0. The molecule has 0 radical (unpaired) electrons. The third-order valence-electron chi connectivity index (χ3n) is 7.06. The molecule has 0 aliphatic rings. The minimum Gasteiger partial charge on any atom is -0.457 e. The smallest absolute Gasteiger partial charge is 0.306 e. The van der Waals surface area contributed by atoms with E-state index in [0.717, 1.165) is 64.2 Å². The molecule has 0 spiro atoms. The molecular formula is C38H66O4. The number of unbranched alkanes of at least 4 members (excludes halogenated alkanes) is 13. The summed E-state index contributed by atoms with van der Waals surface area (Å²) < 4.78 is 11.1. The molecule has 0 aromatic rings. The lowest BCUT2D eigenvalue weighted by Gasteiger charge is -2.15. The number of carbonyl (C=O) groups excluding carboxylic acids is 1. The fourth-order valence-electron chi connectivity index (χ4n) is 4.50. The number of esters is 1. The number of rotatable bonds is 31. The molecule has 0 aliphatic heterocycles. The third kappa shape index (κ3) is 32.6. The number of hydrogen-bond acceptors (Lipinski definition) is 4. The minimum absolute atomic E-state index is 0.182. The summed E-state index contributed by atoms with van der Waals surface area (Å²) in [4.78, 5) is 12.1. The van der Waals surface area contributed by atoms with Crippen LogP contribution in [0, 0.1) is 0 Å². The van der Waals surface area contributed by atoms with Crippen molar-refractivity contribution in [2.24, 2.45) is 0 Å². The maximum Gasteiger partial charge on any atom is 0.306 e. The van der Waals surface area contributed by atoms with Crippen molar-refractivity contribution in [3.8, 4) is 0 Å². The van der Waals surface area contributed by atoms with Crippen LogP contribution in [0.25, 0.3) is 0 Å². The Labute approximate surface area is 260 Å². The van der Waals surface area contributed by atoms with E-state index in [1.54, 1.807) is 0 Å². The van der Waals surface area contributed by atoms with Crippen LogP contribution in [0.2, 0.25) is 0 Å². The van der Waals surface area contributed by atoms with Gasteiger partial charge >= 0.3 is 5.97 Å². The first kappa shape index (κ1) is 40.1. The van der Waals surface area contributed by atoms with Gasteiger partial charge in [0, 0.05) is 13.0 Å². The Bertz CT molecular complexity index is 704. The van der Waals surface area contributed by atoms with Gasteiger partial charge in [-0.1, -0.05) is 132 Å². The zero-order valence-electron chi connectivity index (χ0n) is 27.5. The zero-order valence-corrected chi connectivity index (χ0v) is 27.5. The van der Waals surface area contributed by atoms with Crippen LogP contribution in [0.1, 0.15) is 149 Å². The van der Waals surface area contributed by atoms with E-state index in [-0.39, 0.29) is 19.2 Å². The zero-order chi connectivity index (χ0) is 30.6. The van der Waals surface area contributed by atoms with Gasteiger partial charge in [0.25, 0.3) is 0 Å². The largest absolute Gasteiger partial charge is 0.457 e. The summed E-state index contributed by atoms with van der Waals surface area (Å²) in [6, 6.07) is 0. The van der Waals surface area contributed by atoms with Crippen LogP contribution < -0.4 is 0 Å². The van der Waals surface area contributed by atoms with Crippen molar-refractivity contribution in [3.05, 3.63) is 60.8 Å². The molecular weight excluding hydrogens is 520 g/mol. The predicted octanol–water partition coefficient (Wildman–Crippen LogP) is 10.9. The van der Waals surface area contributed by atoms with Crippen LogP contribution in [0.3, 0.4) is 0 Å². The molecule has 0 aliphatic carbocycles. The van der Waals surface area contributed by atoms with Crippen molar-refractivity contribution in [1.82, 2.24) is 0 Å². The monoisotopic (exact) mass is 586 g/mol. The van der Waals surface area contributed by atoms with E-state index in [1.165, 1.54) is 64.2 Å². The number of carbonyl (C=O) groups is 1. The second-order valence-electron chi connectivity index (χ2n) is 11.2. The van der Waals surface area contributed by atoms with E-state index < -0.39 is 6.10 Å². The van der Waals surface area contributed by atoms with Gasteiger partial charge in [-0.3, -0.25) is 4.79 Å². The van der Waals surface area contributed by atoms with E-state index in [1.807, 2.05) is 0 Å². The van der Waals surface area contributed by atoms with E-state index in [9.17, 15) is 9.90 Å². The van der Waals surface area contributed by atoms with E-state index >= 15 is 0 Å². The first-order valence-corrected chi connectivity index (χ1v) is 17.4. The molecule has 1 atom stereocenters. The lowest BCUT2D eigenvalue weighted by Crippen LogP contribution is -2.27. The second kappa shape index (κ2) is 35.3. The van der Waals surface area contributed by atoms with E-state index in [0.29, 0.717) is 13.0 Å². The van der Waals surface area contributed by atoms with Gasteiger partial charge in [0.2, 0.25) is 0 Å². The molecule has 1 unspecified atom stereocenters. The fraction of sp³-hybridized carbons (Fsp3) is 0.711. The molecule has 0 amide bonds. The summed E-state index contributed by atoms with van der Waals surface area (Å²) in [5.74, 6) is -0.220. The lowest BCUT2D eigenvalue weighted by atomic mass is 10.1. The minimum atomic E-state index is -0.544. The Kier molecular flexibility index (Phi) is 33.7. The summed E-state index contributed by atoms with van der Waals surface area (Å²) in [5, 5.41) is 9.52. The fourth-order valence-corrected chi connectivity index (χ4v) is 4.50. The van der Waals surface area contributed by atoms with Crippen molar-refractivity contribution < 1.29 is 19.4 Å². The Morgan fingerprint density at radius 1 is 0.595 bits per heavy atom. The number of aliphatic hydroxyl groups excluding tert-OH is 1. The van der Waals surface area contributed by atoms with Gasteiger partial charge in [-0.15, -0.1) is 0 Å². The summed E-state index contributed by atoms with van der Waals surface area (Å²) >= 11 is 0. The van der Waals surface area contributed by atoms with Crippen LogP contribution >= 0.6 is 0 Å². The molecule has 1 N–H and O–H groups in total. The first-order valence-electron chi connectivity index (χ1n) is 17.4. The lowest BCUT2D eigenvalue weighted by molar-refractivity contribution is -0.154. The van der Waals surface area contributed by atoms with Crippen molar-refractivity contribution in [3.63, 3.8) is 0 Å². The van der Waals surface area contributed by atoms with Crippen LogP contribution in [0.5, 0.6) is 0 Å². The average molecular weight is 587 g/mol. The highest BCUT2D eigenvalue weighted by Gasteiger charge is 2.13.